The van der Waals surface area contributed by atoms with Gasteiger partial charge in [-0.2, -0.15) is 0 Å². The van der Waals surface area contributed by atoms with Crippen molar-refractivity contribution in [2.24, 2.45) is 0 Å². The van der Waals surface area contributed by atoms with Gasteiger partial charge in [-0.25, -0.2) is 0 Å². The Morgan fingerprint density at radius 3 is 2.58 bits per heavy atom. The van der Waals surface area contributed by atoms with E-state index in [0.717, 1.165) is 30.6 Å². The van der Waals surface area contributed by atoms with Crippen LogP contribution in [0.2, 0.25) is 10.0 Å². The summed E-state index contributed by atoms with van der Waals surface area (Å²) < 4.78 is 11.2. The first-order valence-electron chi connectivity index (χ1n) is 11.9. The molecule has 1 N–H and O–H groups in total. The quantitative estimate of drug-likeness (QED) is 0.416. The van der Waals surface area contributed by atoms with E-state index in [2.05, 4.69) is 4.90 Å². The van der Waals surface area contributed by atoms with E-state index in [0.29, 0.717) is 47.4 Å². The van der Waals surface area contributed by atoms with E-state index < -0.39 is 23.5 Å². The summed E-state index contributed by atoms with van der Waals surface area (Å²) in [4.78, 5) is 30.7. The summed E-state index contributed by atoms with van der Waals surface area (Å²) in [7, 11) is 0. The van der Waals surface area contributed by atoms with Gasteiger partial charge in [0.1, 0.15) is 5.58 Å². The van der Waals surface area contributed by atoms with E-state index in [4.69, 9.17) is 32.4 Å². The first kappa shape index (κ1) is 24.8. The highest BCUT2D eigenvalue weighted by molar-refractivity contribution is 6.42. The summed E-state index contributed by atoms with van der Waals surface area (Å²) in [5.41, 5.74) is 2.14. The molecule has 1 unspecified atom stereocenters. The number of amides is 1. The van der Waals surface area contributed by atoms with E-state index in [1.165, 1.54) is 4.90 Å². The molecule has 5 rings (SSSR count). The number of morpholine rings is 1. The molecule has 0 aliphatic carbocycles. The molecule has 1 amide bonds. The number of aliphatic hydroxyl groups excluding tert-OH is 1. The van der Waals surface area contributed by atoms with Crippen LogP contribution in [0.3, 0.4) is 0 Å². The van der Waals surface area contributed by atoms with Crippen LogP contribution in [0.5, 0.6) is 0 Å². The molecule has 3 heterocycles. The number of hydrogen-bond acceptors (Lipinski definition) is 6. The van der Waals surface area contributed by atoms with Gasteiger partial charge in [-0.1, -0.05) is 40.9 Å². The van der Waals surface area contributed by atoms with Crippen LogP contribution in [0.15, 0.2) is 58.2 Å². The molecule has 1 fully saturated rings. The monoisotopic (exact) mass is 528 g/mol. The Kier molecular flexibility index (Phi) is 7.08. The van der Waals surface area contributed by atoms with Gasteiger partial charge in [0.05, 0.1) is 34.9 Å². The summed E-state index contributed by atoms with van der Waals surface area (Å²) in [6.45, 7) is 6.12. The van der Waals surface area contributed by atoms with Gasteiger partial charge < -0.3 is 19.2 Å². The first-order valence-corrected chi connectivity index (χ1v) is 12.6. The molecule has 2 aliphatic rings. The molecule has 2 aliphatic heterocycles. The number of halogens is 2. The maximum absolute atomic E-state index is 13.7. The second-order valence-corrected chi connectivity index (χ2v) is 9.94. The molecule has 0 spiro atoms. The van der Waals surface area contributed by atoms with Crippen LogP contribution >= 0.6 is 23.2 Å². The number of Topliss-reactive ketones (excluding diaryl/α,β-unsaturated/α-hetero) is 1. The zero-order valence-electron chi connectivity index (χ0n) is 19.8. The van der Waals surface area contributed by atoms with E-state index >= 15 is 0 Å². The third kappa shape index (κ3) is 4.76. The first-order chi connectivity index (χ1) is 17.3. The minimum Gasteiger partial charge on any atom is -0.503 e. The van der Waals surface area contributed by atoms with Gasteiger partial charge >= 0.3 is 0 Å². The zero-order valence-corrected chi connectivity index (χ0v) is 21.3. The number of aryl methyl sites for hydroxylation is 1. The molecular weight excluding hydrogens is 503 g/mol. The maximum atomic E-state index is 13.7. The molecule has 1 atom stereocenters. The fraction of sp³-hybridized carbons (Fsp3) is 0.333. The average Bonchev–Trinajstić information content (AvgIpc) is 3.40. The van der Waals surface area contributed by atoms with E-state index in [1.54, 1.807) is 30.3 Å². The predicted octanol–water partition coefficient (Wildman–Crippen LogP) is 5.35. The number of nitrogens with zero attached hydrogens (tertiary/aromatic N) is 2. The van der Waals surface area contributed by atoms with E-state index in [1.807, 2.05) is 19.1 Å². The summed E-state index contributed by atoms with van der Waals surface area (Å²) >= 11 is 12.4. The molecule has 0 radical (unpaired) electrons. The van der Waals surface area contributed by atoms with E-state index in [9.17, 15) is 14.7 Å². The van der Waals surface area contributed by atoms with Crippen molar-refractivity contribution in [1.29, 1.82) is 0 Å². The average molecular weight is 529 g/mol. The van der Waals surface area contributed by atoms with E-state index in [-0.39, 0.29) is 11.3 Å². The highest BCUT2D eigenvalue weighted by Gasteiger charge is 2.44. The molecule has 0 saturated carbocycles. The topological polar surface area (TPSA) is 83.2 Å². The number of ketones is 1. The SMILES string of the molecule is Cc1ccc2oc(C(=O)C3=C(O)C(=O)N(CCCN4CCOCC4)C3c3ccc(Cl)c(Cl)c3)cc2c1. The maximum Gasteiger partial charge on any atom is 0.290 e. The van der Waals surface area contributed by atoms with Crippen molar-refractivity contribution in [2.75, 3.05) is 39.4 Å². The molecule has 0 bridgehead atoms. The minimum atomic E-state index is -0.820. The Balaban J connectivity index is 1.48. The highest BCUT2D eigenvalue weighted by Crippen LogP contribution is 2.41. The lowest BCUT2D eigenvalue weighted by Gasteiger charge is -2.30. The molecule has 2 aromatic carbocycles. The number of fused-ring (bicyclic) bond motifs is 1. The molecule has 188 valence electrons. The zero-order chi connectivity index (χ0) is 25.4. The molecule has 1 aromatic heterocycles. The van der Waals surface area contributed by atoms with Crippen molar-refractivity contribution in [3.8, 4) is 0 Å². The van der Waals surface area contributed by atoms with Gasteiger partial charge in [-0.05, 0) is 49.2 Å². The molecule has 3 aromatic rings. The number of benzene rings is 2. The lowest BCUT2D eigenvalue weighted by molar-refractivity contribution is -0.129. The number of aliphatic hydroxyl groups is 1. The van der Waals surface area contributed by atoms with Crippen LogP contribution < -0.4 is 0 Å². The third-order valence-electron chi connectivity index (χ3n) is 6.68. The molecule has 7 nitrogen and oxygen atoms in total. The fourth-order valence-corrected chi connectivity index (χ4v) is 5.15. The molecule has 9 heteroatoms. The number of carbonyl (C=O) groups is 2. The van der Waals surface area contributed by atoms with Gasteiger partial charge in [-0.3, -0.25) is 14.5 Å². The summed E-state index contributed by atoms with van der Waals surface area (Å²) in [5, 5.41) is 12.4. The lowest BCUT2D eigenvalue weighted by Crippen LogP contribution is -2.39. The van der Waals surface area contributed by atoms with Crippen LogP contribution in [0.1, 0.15) is 34.1 Å². The molecular formula is C27H26Cl2N2O5. The van der Waals surface area contributed by atoms with Gasteiger partial charge in [-0.15, -0.1) is 0 Å². The van der Waals surface area contributed by atoms with Crippen LogP contribution in [0, 0.1) is 6.92 Å². The van der Waals surface area contributed by atoms with Crippen molar-refractivity contribution in [3.63, 3.8) is 0 Å². The highest BCUT2D eigenvalue weighted by atomic mass is 35.5. The number of hydrogen-bond donors (Lipinski definition) is 1. The van der Waals surface area contributed by atoms with Crippen molar-refractivity contribution in [3.05, 3.63) is 80.7 Å². The van der Waals surface area contributed by atoms with Crippen molar-refractivity contribution < 1.29 is 23.8 Å². The minimum absolute atomic E-state index is 0.0273. The van der Waals surface area contributed by atoms with Gasteiger partial charge in [0.25, 0.3) is 5.91 Å². The van der Waals surface area contributed by atoms with Crippen molar-refractivity contribution >= 4 is 45.9 Å². The number of furan rings is 1. The summed E-state index contributed by atoms with van der Waals surface area (Å²) in [5.74, 6) is -1.64. The Labute approximate surface area is 218 Å². The van der Waals surface area contributed by atoms with Crippen molar-refractivity contribution in [2.45, 2.75) is 19.4 Å². The van der Waals surface area contributed by atoms with Crippen LogP contribution in [0.4, 0.5) is 0 Å². The Bertz CT molecular complexity index is 1360. The number of ether oxygens (including phenoxy) is 1. The standard InChI is InChI=1S/C27H26Cl2N2O5/c1-16-3-6-21-18(13-16)15-22(36-21)25(32)23-24(17-4-5-19(28)20(29)14-17)31(27(34)26(23)33)8-2-7-30-9-11-35-12-10-30/h3-6,13-15,24,33H,2,7-12H2,1H3. The normalized spacial score (nSPS) is 19.0. The Hall–Kier alpha value is -2.84. The summed E-state index contributed by atoms with van der Waals surface area (Å²) in [6, 6.07) is 11.4. The number of rotatable bonds is 7. The number of carbonyl (C=O) groups excluding carboxylic acids is 2. The Morgan fingerprint density at radius 1 is 1.06 bits per heavy atom. The van der Waals surface area contributed by atoms with Crippen LogP contribution in [-0.4, -0.2) is 66.0 Å². The second-order valence-electron chi connectivity index (χ2n) is 9.13. The molecule has 1 saturated heterocycles. The fourth-order valence-electron chi connectivity index (χ4n) is 4.84. The lowest BCUT2D eigenvalue weighted by atomic mass is 9.95. The van der Waals surface area contributed by atoms with Crippen LogP contribution in [-0.2, 0) is 9.53 Å². The Morgan fingerprint density at radius 2 is 1.83 bits per heavy atom. The van der Waals surface area contributed by atoms with Gasteiger partial charge in [0.2, 0.25) is 5.78 Å². The molecule has 36 heavy (non-hydrogen) atoms. The van der Waals surface area contributed by atoms with Gasteiger partial charge in [0, 0.05) is 31.6 Å². The largest absolute Gasteiger partial charge is 0.503 e. The second kappa shape index (κ2) is 10.3. The predicted molar refractivity (Wildman–Crippen MR) is 138 cm³/mol. The smallest absolute Gasteiger partial charge is 0.290 e. The van der Waals surface area contributed by atoms with Crippen molar-refractivity contribution in [1.82, 2.24) is 9.80 Å². The van der Waals surface area contributed by atoms with Gasteiger partial charge in [0.15, 0.2) is 11.5 Å². The summed E-state index contributed by atoms with van der Waals surface area (Å²) in [6.07, 6.45) is 0.669. The third-order valence-corrected chi connectivity index (χ3v) is 7.42. The van der Waals surface area contributed by atoms with Crippen LogP contribution in [0.25, 0.3) is 11.0 Å².